The van der Waals surface area contributed by atoms with Crippen molar-refractivity contribution in [2.45, 2.75) is 19.8 Å². The molecule has 0 atom stereocenters. The van der Waals surface area contributed by atoms with Crippen LogP contribution in [0.2, 0.25) is 0 Å². The lowest BCUT2D eigenvalue weighted by Gasteiger charge is -2.32. The smallest absolute Gasteiger partial charge is 0.241 e. The number of hydrogen-bond donors (Lipinski definition) is 1. The molecule has 18 heavy (non-hydrogen) atoms. The number of rotatable bonds is 3. The Morgan fingerprint density at radius 1 is 1.50 bits per heavy atom. The van der Waals surface area contributed by atoms with E-state index in [-0.39, 0.29) is 5.91 Å². The van der Waals surface area contributed by atoms with Gasteiger partial charge in [-0.05, 0) is 37.5 Å². The van der Waals surface area contributed by atoms with Gasteiger partial charge in [-0.1, -0.05) is 6.07 Å². The second kappa shape index (κ2) is 5.29. The molecule has 1 heterocycles. The van der Waals surface area contributed by atoms with Crippen LogP contribution in [0.3, 0.4) is 0 Å². The lowest BCUT2D eigenvalue weighted by atomic mass is 10.00. The van der Waals surface area contributed by atoms with Gasteiger partial charge in [0.05, 0.1) is 6.54 Å². The number of amides is 1. The number of hydrogen-bond acceptors (Lipinski definition) is 3. The van der Waals surface area contributed by atoms with Gasteiger partial charge in [-0.15, -0.1) is 0 Å². The molecular formula is C14H21N3O. The molecule has 2 rings (SSSR count). The molecule has 0 saturated heterocycles. The first-order chi connectivity index (χ1) is 8.63. The lowest BCUT2D eigenvalue weighted by Crippen LogP contribution is -2.40. The van der Waals surface area contributed by atoms with Crippen LogP contribution in [-0.2, 0) is 11.2 Å². The quantitative estimate of drug-likeness (QED) is 0.823. The number of nitrogens with two attached hydrogens (primary N) is 1. The molecule has 2 N–H and O–H groups in total. The summed E-state index contributed by atoms with van der Waals surface area (Å²) in [5, 5.41) is 0. The first-order valence-corrected chi connectivity index (χ1v) is 6.49. The maximum atomic E-state index is 12.0. The minimum absolute atomic E-state index is 0.160. The van der Waals surface area contributed by atoms with Crippen LogP contribution in [0, 0.1) is 0 Å². The Bertz CT molecular complexity index is 445. The van der Waals surface area contributed by atoms with Crippen molar-refractivity contribution in [2.75, 3.05) is 37.3 Å². The van der Waals surface area contributed by atoms with E-state index in [0.29, 0.717) is 6.54 Å². The number of anilines is 2. The van der Waals surface area contributed by atoms with Gasteiger partial charge in [-0.2, -0.15) is 0 Å². The highest BCUT2D eigenvalue weighted by atomic mass is 16.2. The highest BCUT2D eigenvalue weighted by Gasteiger charge is 2.21. The number of fused-ring (bicyclic) bond motifs is 1. The van der Waals surface area contributed by atoms with Crippen LogP contribution in [0.15, 0.2) is 18.2 Å². The molecule has 0 aliphatic carbocycles. The van der Waals surface area contributed by atoms with Gasteiger partial charge >= 0.3 is 0 Å². The molecule has 1 aliphatic rings. The number of nitrogen functional groups attached to an aromatic ring is 1. The number of nitrogens with zero attached hydrogens (tertiary/aromatic N) is 2. The van der Waals surface area contributed by atoms with Gasteiger partial charge in [0.2, 0.25) is 5.91 Å². The molecule has 0 radical (unpaired) electrons. The van der Waals surface area contributed by atoms with Crippen LogP contribution in [0.4, 0.5) is 11.4 Å². The van der Waals surface area contributed by atoms with E-state index in [2.05, 4.69) is 11.0 Å². The van der Waals surface area contributed by atoms with E-state index in [9.17, 15) is 4.79 Å². The molecular weight excluding hydrogens is 226 g/mol. The predicted octanol–water partition coefficient (Wildman–Crippen LogP) is 1.50. The normalized spacial score (nSPS) is 14.2. The van der Waals surface area contributed by atoms with E-state index in [1.807, 2.05) is 26.1 Å². The van der Waals surface area contributed by atoms with Crippen LogP contribution in [0.1, 0.15) is 18.9 Å². The molecule has 4 nitrogen and oxygen atoms in total. The molecule has 0 spiro atoms. The van der Waals surface area contributed by atoms with Crippen LogP contribution >= 0.6 is 0 Å². The number of carbonyl (C=O) groups is 1. The first kappa shape index (κ1) is 12.7. The molecule has 1 aromatic carbocycles. The van der Waals surface area contributed by atoms with Crippen molar-refractivity contribution >= 4 is 17.3 Å². The van der Waals surface area contributed by atoms with E-state index in [0.717, 1.165) is 37.3 Å². The van der Waals surface area contributed by atoms with Gasteiger partial charge in [0.25, 0.3) is 0 Å². The first-order valence-electron chi connectivity index (χ1n) is 6.49. The van der Waals surface area contributed by atoms with Crippen molar-refractivity contribution in [3.05, 3.63) is 23.8 Å². The molecule has 0 fully saturated rings. The number of carbonyl (C=O) groups excluding carboxylic acids is 1. The van der Waals surface area contributed by atoms with E-state index in [1.165, 1.54) is 5.56 Å². The van der Waals surface area contributed by atoms with Crippen molar-refractivity contribution in [1.29, 1.82) is 0 Å². The molecule has 1 aliphatic heterocycles. The van der Waals surface area contributed by atoms with E-state index < -0.39 is 0 Å². The summed E-state index contributed by atoms with van der Waals surface area (Å²) in [5.74, 6) is 0.160. The van der Waals surface area contributed by atoms with Crippen LogP contribution < -0.4 is 10.6 Å². The standard InChI is InChI=1S/C14H21N3O/c1-3-16(2)14(18)10-17-9-5-6-11-12(15)7-4-8-13(11)17/h4,7-8H,3,5-6,9-10,15H2,1-2H3. The van der Waals surface area contributed by atoms with Crippen molar-refractivity contribution in [3.8, 4) is 0 Å². The van der Waals surface area contributed by atoms with Crippen molar-refractivity contribution in [1.82, 2.24) is 4.90 Å². The molecule has 0 unspecified atom stereocenters. The summed E-state index contributed by atoms with van der Waals surface area (Å²) in [7, 11) is 1.84. The fourth-order valence-electron chi connectivity index (χ4n) is 2.35. The van der Waals surface area contributed by atoms with Crippen molar-refractivity contribution in [3.63, 3.8) is 0 Å². The minimum Gasteiger partial charge on any atom is -0.398 e. The topological polar surface area (TPSA) is 49.6 Å². The zero-order chi connectivity index (χ0) is 13.1. The fourth-order valence-corrected chi connectivity index (χ4v) is 2.35. The zero-order valence-electron chi connectivity index (χ0n) is 11.1. The van der Waals surface area contributed by atoms with Gasteiger partial charge in [0.1, 0.15) is 0 Å². The summed E-state index contributed by atoms with van der Waals surface area (Å²) < 4.78 is 0. The molecule has 0 saturated carbocycles. The Balaban J connectivity index is 2.18. The summed E-state index contributed by atoms with van der Waals surface area (Å²) in [4.78, 5) is 15.9. The summed E-state index contributed by atoms with van der Waals surface area (Å²) in [6, 6.07) is 5.95. The predicted molar refractivity (Wildman–Crippen MR) is 74.7 cm³/mol. The Hall–Kier alpha value is -1.71. The van der Waals surface area contributed by atoms with Gasteiger partial charge < -0.3 is 15.5 Å². The molecule has 0 aromatic heterocycles. The van der Waals surface area contributed by atoms with E-state index in [4.69, 9.17) is 5.73 Å². The Kier molecular flexibility index (Phi) is 3.75. The maximum absolute atomic E-state index is 12.0. The van der Waals surface area contributed by atoms with E-state index in [1.54, 1.807) is 4.90 Å². The van der Waals surface area contributed by atoms with Gasteiger partial charge in [0.15, 0.2) is 0 Å². The highest BCUT2D eigenvalue weighted by molar-refractivity contribution is 5.82. The third kappa shape index (κ3) is 2.42. The second-order valence-corrected chi connectivity index (χ2v) is 4.78. The Labute approximate surface area is 108 Å². The van der Waals surface area contributed by atoms with Crippen molar-refractivity contribution < 1.29 is 4.79 Å². The minimum atomic E-state index is 0.160. The van der Waals surface area contributed by atoms with Gasteiger partial charge in [0, 0.05) is 31.5 Å². The van der Waals surface area contributed by atoms with Crippen LogP contribution in [0.25, 0.3) is 0 Å². The summed E-state index contributed by atoms with van der Waals surface area (Å²) >= 11 is 0. The van der Waals surface area contributed by atoms with Gasteiger partial charge in [-0.25, -0.2) is 0 Å². The van der Waals surface area contributed by atoms with Crippen molar-refractivity contribution in [2.24, 2.45) is 0 Å². The third-order valence-electron chi connectivity index (χ3n) is 3.61. The molecule has 1 amide bonds. The second-order valence-electron chi connectivity index (χ2n) is 4.78. The third-order valence-corrected chi connectivity index (χ3v) is 3.61. The van der Waals surface area contributed by atoms with Crippen LogP contribution in [0.5, 0.6) is 0 Å². The summed E-state index contributed by atoms with van der Waals surface area (Å²) in [5.41, 5.74) is 9.15. The SMILES string of the molecule is CCN(C)C(=O)CN1CCCc2c(N)cccc21. The maximum Gasteiger partial charge on any atom is 0.241 e. The molecule has 0 bridgehead atoms. The Morgan fingerprint density at radius 2 is 2.28 bits per heavy atom. The highest BCUT2D eigenvalue weighted by Crippen LogP contribution is 2.30. The monoisotopic (exact) mass is 247 g/mol. The van der Waals surface area contributed by atoms with E-state index >= 15 is 0 Å². The number of benzene rings is 1. The number of likely N-dealkylation sites (N-methyl/N-ethyl adjacent to an activating group) is 1. The van der Waals surface area contributed by atoms with Crippen LogP contribution in [-0.4, -0.2) is 37.5 Å². The molecule has 98 valence electrons. The largest absolute Gasteiger partial charge is 0.398 e. The Morgan fingerprint density at radius 3 is 3.00 bits per heavy atom. The summed E-state index contributed by atoms with van der Waals surface area (Å²) in [6.45, 7) is 4.11. The van der Waals surface area contributed by atoms with Gasteiger partial charge in [-0.3, -0.25) is 4.79 Å². The molecule has 4 heteroatoms. The fraction of sp³-hybridized carbons (Fsp3) is 0.500. The average Bonchev–Trinajstić information content (AvgIpc) is 2.39. The zero-order valence-corrected chi connectivity index (χ0v) is 11.1. The lowest BCUT2D eigenvalue weighted by molar-refractivity contribution is -0.128. The molecule has 1 aromatic rings. The summed E-state index contributed by atoms with van der Waals surface area (Å²) in [6.07, 6.45) is 2.07. The average molecular weight is 247 g/mol.